The number of nitrogens with one attached hydrogen (secondary N) is 1. The van der Waals surface area contributed by atoms with Gasteiger partial charge in [0.1, 0.15) is 30.9 Å². The molecule has 0 unspecified atom stereocenters. The molecule has 0 radical (unpaired) electrons. The molecule has 0 fully saturated rings. The number of benzene rings is 2. The first kappa shape index (κ1) is 22.1. The van der Waals surface area contributed by atoms with Crippen LogP contribution in [0.4, 0.5) is 13.6 Å². The van der Waals surface area contributed by atoms with Crippen molar-refractivity contribution in [1.82, 2.24) is 5.32 Å². The fourth-order valence-electron chi connectivity index (χ4n) is 2.35. The van der Waals surface area contributed by atoms with Gasteiger partial charge in [-0.05, 0) is 23.8 Å². The van der Waals surface area contributed by atoms with E-state index in [9.17, 15) is 18.4 Å². The van der Waals surface area contributed by atoms with E-state index in [4.69, 9.17) is 4.74 Å². The van der Waals surface area contributed by atoms with Gasteiger partial charge < -0.3 is 14.8 Å². The molecule has 0 saturated heterocycles. The third kappa shape index (κ3) is 5.54. The molecule has 4 nitrogen and oxygen atoms in total. The van der Waals surface area contributed by atoms with Crippen LogP contribution in [0, 0.1) is 5.82 Å². The van der Waals surface area contributed by atoms with Crippen LogP contribution in [0.15, 0.2) is 53.0 Å². The van der Waals surface area contributed by atoms with Gasteiger partial charge in [-0.15, -0.1) is 0 Å². The number of aldehydes is 1. The summed E-state index contributed by atoms with van der Waals surface area (Å²) in [5.74, 6) is -0.731. The van der Waals surface area contributed by atoms with Crippen molar-refractivity contribution in [1.29, 1.82) is 0 Å². The molecule has 2 aromatic carbocycles. The molecule has 0 aliphatic heterocycles. The smallest absolute Gasteiger partial charge is 0.408 e. The second kappa shape index (κ2) is 10.3. The molecule has 0 aliphatic carbocycles. The Bertz CT molecular complexity index is 748. The minimum Gasteiger partial charge on any atom is -0.445 e. The summed E-state index contributed by atoms with van der Waals surface area (Å²) < 4.78 is 33.5. The second-order valence-electron chi connectivity index (χ2n) is 5.40. The van der Waals surface area contributed by atoms with E-state index < -0.39 is 30.5 Å². The normalized spacial score (nSPS) is 12.4. The van der Waals surface area contributed by atoms with Crippen LogP contribution in [0.25, 0.3) is 0 Å². The van der Waals surface area contributed by atoms with Gasteiger partial charge in [0.15, 0.2) is 0 Å². The van der Waals surface area contributed by atoms with Gasteiger partial charge in [0.25, 0.3) is 0 Å². The molecule has 0 bridgehead atoms. The zero-order valence-electron chi connectivity index (χ0n) is 13.7. The third-order valence-electron chi connectivity index (χ3n) is 3.66. The highest BCUT2D eigenvalue weighted by molar-refractivity contribution is 9.10. The number of carbonyl (C=O) groups is 2. The lowest BCUT2D eigenvalue weighted by molar-refractivity contribution is -0.109. The Hall–Kier alpha value is -1.93. The van der Waals surface area contributed by atoms with Crippen LogP contribution >= 0.6 is 29.4 Å². The van der Waals surface area contributed by atoms with Gasteiger partial charge in [0.05, 0.1) is 0 Å². The van der Waals surface area contributed by atoms with Crippen LogP contribution in [-0.2, 0) is 21.7 Å². The molecule has 0 saturated carbocycles. The summed E-state index contributed by atoms with van der Waals surface area (Å²) in [4.78, 5) is 23.1. The Balaban J connectivity index is 0.00000338. The van der Waals surface area contributed by atoms with E-state index in [0.717, 1.165) is 11.6 Å². The average Bonchev–Trinajstić information content (AvgIpc) is 2.62. The van der Waals surface area contributed by atoms with Crippen molar-refractivity contribution in [2.45, 2.75) is 18.6 Å². The Labute approximate surface area is 165 Å². The van der Waals surface area contributed by atoms with Gasteiger partial charge in [-0.2, -0.15) is 13.5 Å². The lowest BCUT2D eigenvalue weighted by Crippen LogP contribution is -2.48. The maximum absolute atomic E-state index is 14.2. The van der Waals surface area contributed by atoms with Crippen LogP contribution in [0.3, 0.4) is 0 Å². The summed E-state index contributed by atoms with van der Waals surface area (Å²) in [5, 5.41) is 2.31. The number of halogens is 3. The number of amides is 1. The van der Waals surface area contributed by atoms with Crippen molar-refractivity contribution in [3.05, 3.63) is 69.9 Å². The largest absolute Gasteiger partial charge is 0.445 e. The number of carbonyl (C=O) groups excluding carboxylic acids is 2. The average molecular weight is 446 g/mol. The number of hydrogen-bond acceptors (Lipinski definition) is 3. The van der Waals surface area contributed by atoms with E-state index in [2.05, 4.69) is 21.2 Å². The van der Waals surface area contributed by atoms with Crippen molar-refractivity contribution in [3.63, 3.8) is 0 Å². The molecule has 2 rings (SSSR count). The molecular weight excluding hydrogens is 428 g/mol. The molecule has 140 valence electrons. The van der Waals surface area contributed by atoms with E-state index in [1.807, 2.05) is 6.07 Å². The number of rotatable bonds is 7. The Morgan fingerprint density at radius 2 is 1.92 bits per heavy atom. The number of ether oxygens (including phenoxy) is 1. The Kier molecular flexibility index (Phi) is 8.74. The van der Waals surface area contributed by atoms with Crippen molar-refractivity contribution in [2.75, 3.05) is 6.67 Å². The van der Waals surface area contributed by atoms with E-state index in [1.165, 1.54) is 12.1 Å². The van der Waals surface area contributed by atoms with E-state index in [0.29, 0.717) is 10.8 Å². The van der Waals surface area contributed by atoms with Crippen LogP contribution < -0.4 is 5.32 Å². The maximum atomic E-state index is 14.2. The number of hydrogen-bond donors (Lipinski definition) is 1. The van der Waals surface area contributed by atoms with Gasteiger partial charge in [0.2, 0.25) is 0 Å². The Morgan fingerprint density at radius 1 is 1.23 bits per heavy atom. The number of alkyl halides is 1. The summed E-state index contributed by atoms with van der Waals surface area (Å²) >= 11 is 3.18. The van der Waals surface area contributed by atoms with Crippen molar-refractivity contribution in [2.24, 2.45) is 0 Å². The van der Waals surface area contributed by atoms with Gasteiger partial charge in [0, 0.05) is 16.5 Å². The summed E-state index contributed by atoms with van der Waals surface area (Å²) in [6, 6.07) is 12.8. The highest BCUT2D eigenvalue weighted by Crippen LogP contribution is 2.30. The summed E-state index contributed by atoms with van der Waals surface area (Å²) in [6.07, 6.45) is -0.947. The molecule has 1 amide bonds. The highest BCUT2D eigenvalue weighted by atomic mass is 79.9. The summed E-state index contributed by atoms with van der Waals surface area (Å²) in [5.41, 5.74) is -1.22. The minimum absolute atomic E-state index is 0. The standard InChI is InChI=1S/C18H16BrF2NO3.H2S/c19-14-6-7-16(21)15(10-14)18(12-20,8-9-23)22-17(24)25-11-13-4-2-1-3-5-13;/h1-7,9-10H,8,11-12H2,(H,22,24);1H2/t18-;/m1./s1. The zero-order chi connectivity index (χ0) is 18.3. The predicted octanol–water partition coefficient (Wildman–Crippen LogP) is 4.38. The van der Waals surface area contributed by atoms with Gasteiger partial charge in [-0.25, -0.2) is 13.6 Å². The fraction of sp³-hybridized carbons (Fsp3) is 0.222. The lowest BCUT2D eigenvalue weighted by atomic mass is 9.88. The van der Waals surface area contributed by atoms with E-state index in [-0.39, 0.29) is 25.7 Å². The third-order valence-corrected chi connectivity index (χ3v) is 4.15. The highest BCUT2D eigenvalue weighted by Gasteiger charge is 2.37. The molecule has 8 heteroatoms. The van der Waals surface area contributed by atoms with Crippen LogP contribution in [-0.4, -0.2) is 19.1 Å². The molecule has 0 spiro atoms. The first-order valence-corrected chi connectivity index (χ1v) is 8.24. The molecule has 1 N–H and O–H groups in total. The molecule has 0 aliphatic rings. The summed E-state index contributed by atoms with van der Waals surface area (Å²) in [7, 11) is 0. The lowest BCUT2D eigenvalue weighted by Gasteiger charge is -2.31. The second-order valence-corrected chi connectivity index (χ2v) is 6.31. The SMILES string of the molecule is O=CC[C@](CF)(NC(=O)OCc1ccccc1)c1cc(Br)ccc1F.S. The van der Waals surface area contributed by atoms with Crippen molar-refractivity contribution < 1.29 is 23.1 Å². The van der Waals surface area contributed by atoms with Crippen molar-refractivity contribution in [3.8, 4) is 0 Å². The molecule has 1 atom stereocenters. The fourth-order valence-corrected chi connectivity index (χ4v) is 2.71. The van der Waals surface area contributed by atoms with Crippen molar-refractivity contribution >= 4 is 41.8 Å². The first-order valence-electron chi connectivity index (χ1n) is 7.45. The molecule has 0 aromatic heterocycles. The van der Waals surface area contributed by atoms with Gasteiger partial charge >= 0.3 is 6.09 Å². The number of alkyl carbamates (subject to hydrolysis) is 1. The topological polar surface area (TPSA) is 55.4 Å². The minimum atomic E-state index is -1.83. The first-order chi connectivity index (χ1) is 12.0. The summed E-state index contributed by atoms with van der Waals surface area (Å²) in [6.45, 7) is -1.20. The quantitative estimate of drug-likeness (QED) is 0.643. The molecule has 2 aromatic rings. The van der Waals surface area contributed by atoms with Gasteiger partial charge in [-0.1, -0.05) is 46.3 Å². The molecule has 0 heterocycles. The maximum Gasteiger partial charge on any atom is 0.408 e. The van der Waals surface area contributed by atoms with E-state index >= 15 is 0 Å². The van der Waals surface area contributed by atoms with Crippen LogP contribution in [0.1, 0.15) is 17.5 Å². The van der Waals surface area contributed by atoms with Crippen LogP contribution in [0.2, 0.25) is 0 Å². The molecule has 26 heavy (non-hydrogen) atoms. The van der Waals surface area contributed by atoms with Gasteiger partial charge in [-0.3, -0.25) is 0 Å². The zero-order valence-corrected chi connectivity index (χ0v) is 16.3. The predicted molar refractivity (Wildman–Crippen MR) is 103 cm³/mol. The molecular formula is C18H18BrF2NO3S. The monoisotopic (exact) mass is 445 g/mol. The van der Waals surface area contributed by atoms with E-state index in [1.54, 1.807) is 24.3 Å². The van der Waals surface area contributed by atoms with Crippen LogP contribution in [0.5, 0.6) is 0 Å². The Morgan fingerprint density at radius 3 is 2.54 bits per heavy atom.